The molecule has 0 radical (unpaired) electrons. The van der Waals surface area contributed by atoms with Crippen LogP contribution in [0.1, 0.15) is 18.1 Å². The minimum Gasteiger partial charge on any atom is -0.481 e. The Morgan fingerprint density at radius 1 is 1.12 bits per heavy atom. The fourth-order valence-corrected chi connectivity index (χ4v) is 1.85. The maximum absolute atomic E-state index is 12.5. The summed E-state index contributed by atoms with van der Waals surface area (Å²) in [6.45, 7) is 1.51. The van der Waals surface area contributed by atoms with Crippen molar-refractivity contribution in [1.82, 2.24) is 0 Å². The van der Waals surface area contributed by atoms with Crippen molar-refractivity contribution in [3.05, 3.63) is 59.7 Å². The third-order valence-corrected chi connectivity index (χ3v) is 3.15. The van der Waals surface area contributed by atoms with Gasteiger partial charge in [-0.15, -0.1) is 0 Å². The maximum Gasteiger partial charge on any atom is 0.416 e. The summed E-state index contributed by atoms with van der Waals surface area (Å²) in [5.74, 6) is -0.0943. The molecule has 1 N–H and O–H groups in total. The van der Waals surface area contributed by atoms with Crippen LogP contribution < -0.4 is 10.1 Å². The van der Waals surface area contributed by atoms with Crippen LogP contribution in [0.3, 0.4) is 0 Å². The van der Waals surface area contributed by atoms with Crippen molar-refractivity contribution in [2.75, 3.05) is 5.32 Å². The Morgan fingerprint density at radius 3 is 2.21 bits per heavy atom. The summed E-state index contributed by atoms with van der Waals surface area (Å²) in [5, 5.41) is 11.2. The molecule has 0 bridgehead atoms. The first-order chi connectivity index (χ1) is 11.3. The fraction of sp³-hybridized carbons (Fsp3) is 0.176. The molecule has 0 aromatic heterocycles. The first kappa shape index (κ1) is 17.3. The molecule has 1 amide bonds. The Labute approximate surface area is 136 Å². The number of alkyl halides is 3. The first-order valence-electron chi connectivity index (χ1n) is 6.94. The number of anilines is 1. The number of halogens is 3. The monoisotopic (exact) mass is 334 g/mol. The van der Waals surface area contributed by atoms with E-state index >= 15 is 0 Å². The van der Waals surface area contributed by atoms with Crippen LogP contribution in [0.4, 0.5) is 18.9 Å². The van der Waals surface area contributed by atoms with Crippen molar-refractivity contribution in [1.29, 1.82) is 5.26 Å². The third kappa shape index (κ3) is 4.49. The van der Waals surface area contributed by atoms with Gasteiger partial charge in [0.2, 0.25) is 0 Å². The van der Waals surface area contributed by atoms with E-state index in [-0.39, 0.29) is 5.69 Å². The van der Waals surface area contributed by atoms with Crippen molar-refractivity contribution in [2.45, 2.75) is 19.2 Å². The zero-order valence-electron chi connectivity index (χ0n) is 12.6. The molecular weight excluding hydrogens is 321 g/mol. The second-order valence-electron chi connectivity index (χ2n) is 4.96. The number of ether oxygens (including phenoxy) is 1. The Kier molecular flexibility index (Phi) is 5.09. The standard InChI is InChI=1S/C17H13F3N2O2/c1-11(24-15-8-2-12(10-21)3-9-15)16(23)22-14-6-4-13(5-7-14)17(18,19)20/h2-9,11H,1H3,(H,22,23). The zero-order chi connectivity index (χ0) is 17.7. The Hall–Kier alpha value is -3.01. The van der Waals surface area contributed by atoms with Gasteiger partial charge in [0, 0.05) is 5.69 Å². The number of carbonyl (C=O) groups excluding carboxylic acids is 1. The number of hydrogen-bond acceptors (Lipinski definition) is 3. The number of carbonyl (C=O) groups is 1. The van der Waals surface area contributed by atoms with E-state index in [1.54, 1.807) is 24.3 Å². The van der Waals surface area contributed by atoms with Gasteiger partial charge in [0.15, 0.2) is 6.10 Å². The Bertz CT molecular complexity index is 747. The van der Waals surface area contributed by atoms with Crippen molar-refractivity contribution in [3.8, 4) is 11.8 Å². The largest absolute Gasteiger partial charge is 0.481 e. The average molecular weight is 334 g/mol. The van der Waals surface area contributed by atoms with Crippen LogP contribution in [0.25, 0.3) is 0 Å². The molecule has 0 spiro atoms. The molecule has 7 heteroatoms. The van der Waals surface area contributed by atoms with E-state index in [0.717, 1.165) is 12.1 Å². The SMILES string of the molecule is CC(Oc1ccc(C#N)cc1)C(=O)Nc1ccc(C(F)(F)F)cc1. The van der Waals surface area contributed by atoms with Crippen LogP contribution in [0, 0.1) is 11.3 Å². The molecule has 124 valence electrons. The van der Waals surface area contributed by atoms with Crippen LogP contribution in [-0.4, -0.2) is 12.0 Å². The summed E-state index contributed by atoms with van der Waals surface area (Å²) in [6.07, 6.45) is -5.28. The minimum absolute atomic E-state index is 0.239. The summed E-state index contributed by atoms with van der Waals surface area (Å²) < 4.78 is 42.9. The summed E-state index contributed by atoms with van der Waals surface area (Å²) in [5.41, 5.74) is -0.0881. The molecule has 0 saturated heterocycles. The van der Waals surface area contributed by atoms with Crippen molar-refractivity contribution >= 4 is 11.6 Å². The predicted octanol–water partition coefficient (Wildman–Crippen LogP) is 3.98. The molecule has 0 aliphatic heterocycles. The van der Waals surface area contributed by atoms with Gasteiger partial charge in [0.05, 0.1) is 17.2 Å². The van der Waals surface area contributed by atoms with E-state index in [1.165, 1.54) is 19.1 Å². The molecule has 2 rings (SSSR count). The van der Waals surface area contributed by atoms with Gasteiger partial charge in [0.1, 0.15) is 5.75 Å². The summed E-state index contributed by atoms with van der Waals surface area (Å²) in [4.78, 5) is 12.0. The lowest BCUT2D eigenvalue weighted by molar-refractivity contribution is -0.137. The van der Waals surface area contributed by atoms with Gasteiger partial charge in [-0.3, -0.25) is 4.79 Å². The molecule has 4 nitrogen and oxygen atoms in total. The van der Waals surface area contributed by atoms with E-state index in [0.29, 0.717) is 11.3 Å². The normalized spacial score (nSPS) is 12.1. The number of nitrogens with one attached hydrogen (secondary N) is 1. The number of hydrogen-bond donors (Lipinski definition) is 1. The summed E-state index contributed by atoms with van der Waals surface area (Å²) >= 11 is 0. The number of benzene rings is 2. The van der Waals surface area contributed by atoms with E-state index in [1.807, 2.05) is 6.07 Å². The average Bonchev–Trinajstić information content (AvgIpc) is 2.55. The van der Waals surface area contributed by atoms with Crippen LogP contribution in [0.15, 0.2) is 48.5 Å². The van der Waals surface area contributed by atoms with Crippen LogP contribution in [0.5, 0.6) is 5.75 Å². The van der Waals surface area contributed by atoms with Gasteiger partial charge in [-0.2, -0.15) is 18.4 Å². The first-order valence-corrected chi connectivity index (χ1v) is 6.94. The van der Waals surface area contributed by atoms with E-state index in [2.05, 4.69) is 5.32 Å². The van der Waals surface area contributed by atoms with Gasteiger partial charge in [-0.1, -0.05) is 0 Å². The second-order valence-corrected chi connectivity index (χ2v) is 4.96. The lowest BCUT2D eigenvalue weighted by atomic mass is 10.2. The van der Waals surface area contributed by atoms with Gasteiger partial charge >= 0.3 is 6.18 Å². The summed E-state index contributed by atoms with van der Waals surface area (Å²) in [6, 6.07) is 12.3. The molecule has 0 fully saturated rings. The number of nitrogens with zero attached hydrogens (tertiary/aromatic N) is 1. The van der Waals surface area contributed by atoms with E-state index < -0.39 is 23.8 Å². The van der Waals surface area contributed by atoms with E-state index in [4.69, 9.17) is 10.00 Å². The highest BCUT2D eigenvalue weighted by Crippen LogP contribution is 2.29. The lowest BCUT2D eigenvalue weighted by Gasteiger charge is -2.15. The van der Waals surface area contributed by atoms with E-state index in [9.17, 15) is 18.0 Å². The highest BCUT2D eigenvalue weighted by Gasteiger charge is 2.30. The molecule has 24 heavy (non-hydrogen) atoms. The molecule has 1 unspecified atom stereocenters. The van der Waals surface area contributed by atoms with Gasteiger partial charge in [-0.05, 0) is 55.5 Å². The molecule has 0 aliphatic carbocycles. The zero-order valence-corrected chi connectivity index (χ0v) is 12.6. The van der Waals surface area contributed by atoms with Gasteiger partial charge < -0.3 is 10.1 Å². The molecule has 1 atom stereocenters. The number of nitriles is 1. The molecule has 0 aliphatic rings. The number of rotatable bonds is 4. The van der Waals surface area contributed by atoms with Crippen LogP contribution in [-0.2, 0) is 11.0 Å². The van der Waals surface area contributed by atoms with Crippen molar-refractivity contribution in [3.63, 3.8) is 0 Å². The highest BCUT2D eigenvalue weighted by atomic mass is 19.4. The third-order valence-electron chi connectivity index (χ3n) is 3.15. The topological polar surface area (TPSA) is 62.1 Å². The lowest BCUT2D eigenvalue weighted by Crippen LogP contribution is -2.30. The van der Waals surface area contributed by atoms with Gasteiger partial charge in [0.25, 0.3) is 5.91 Å². The van der Waals surface area contributed by atoms with Crippen molar-refractivity contribution < 1.29 is 22.7 Å². The summed E-state index contributed by atoms with van der Waals surface area (Å²) in [7, 11) is 0. The Morgan fingerprint density at radius 2 is 1.71 bits per heavy atom. The van der Waals surface area contributed by atoms with Gasteiger partial charge in [-0.25, -0.2) is 0 Å². The second kappa shape index (κ2) is 7.04. The predicted molar refractivity (Wildman–Crippen MR) is 81.3 cm³/mol. The highest BCUT2D eigenvalue weighted by molar-refractivity contribution is 5.94. The molecular formula is C17H13F3N2O2. The molecule has 0 heterocycles. The fourth-order valence-electron chi connectivity index (χ4n) is 1.85. The van der Waals surface area contributed by atoms with Crippen molar-refractivity contribution in [2.24, 2.45) is 0 Å². The van der Waals surface area contributed by atoms with Crippen LogP contribution in [0.2, 0.25) is 0 Å². The molecule has 2 aromatic carbocycles. The molecule has 0 saturated carbocycles. The smallest absolute Gasteiger partial charge is 0.416 e. The quantitative estimate of drug-likeness (QED) is 0.920. The number of amides is 1. The molecule has 2 aromatic rings. The maximum atomic E-state index is 12.5. The Balaban J connectivity index is 1.97. The minimum atomic E-state index is -4.42. The van der Waals surface area contributed by atoms with Crippen LogP contribution >= 0.6 is 0 Å².